The molecule has 21 heavy (non-hydrogen) atoms. The lowest BCUT2D eigenvalue weighted by molar-refractivity contribution is 0.693. The van der Waals surface area contributed by atoms with Gasteiger partial charge >= 0.3 is 0 Å². The Bertz CT molecular complexity index is 565. The third-order valence-electron chi connectivity index (χ3n) is 3.79. The van der Waals surface area contributed by atoms with Crippen LogP contribution in [0.4, 0.5) is 5.82 Å². The van der Waals surface area contributed by atoms with Gasteiger partial charge in [0.2, 0.25) is 0 Å². The molecule has 0 bridgehead atoms. The number of pyridine rings is 1. The predicted octanol–water partition coefficient (Wildman–Crippen LogP) is 3.97. The van der Waals surface area contributed by atoms with Crippen LogP contribution in [0.15, 0.2) is 30.3 Å². The number of unbranched alkanes of at least 4 members (excludes halogenated alkanes) is 2. The van der Waals surface area contributed by atoms with Gasteiger partial charge in [0.05, 0.1) is 5.69 Å². The van der Waals surface area contributed by atoms with Crippen molar-refractivity contribution in [2.75, 3.05) is 25.0 Å². The molecule has 0 fully saturated rings. The van der Waals surface area contributed by atoms with Crippen molar-refractivity contribution in [3.63, 3.8) is 0 Å². The van der Waals surface area contributed by atoms with Crippen LogP contribution < -0.4 is 10.2 Å². The second-order valence-corrected chi connectivity index (χ2v) is 5.57. The first-order valence-corrected chi connectivity index (χ1v) is 8.06. The second-order valence-electron chi connectivity index (χ2n) is 5.57. The molecule has 1 heterocycles. The van der Waals surface area contributed by atoms with Gasteiger partial charge in [0, 0.05) is 25.5 Å². The van der Waals surface area contributed by atoms with Gasteiger partial charge in [0.25, 0.3) is 0 Å². The van der Waals surface area contributed by atoms with Crippen molar-refractivity contribution in [2.24, 2.45) is 0 Å². The van der Waals surface area contributed by atoms with Crippen LogP contribution in [0.25, 0.3) is 10.8 Å². The van der Waals surface area contributed by atoms with E-state index in [1.807, 2.05) is 0 Å². The highest BCUT2D eigenvalue weighted by atomic mass is 15.2. The van der Waals surface area contributed by atoms with Crippen molar-refractivity contribution >= 4 is 16.6 Å². The summed E-state index contributed by atoms with van der Waals surface area (Å²) in [6.45, 7) is 7.23. The van der Waals surface area contributed by atoms with E-state index in [4.69, 9.17) is 4.98 Å². The van der Waals surface area contributed by atoms with Crippen molar-refractivity contribution in [3.05, 3.63) is 36.0 Å². The Hall–Kier alpha value is -1.61. The molecule has 1 aromatic heterocycles. The summed E-state index contributed by atoms with van der Waals surface area (Å²) in [5, 5.41) is 5.89. The smallest absolute Gasteiger partial charge is 0.136 e. The molecule has 2 aromatic rings. The molecule has 2 rings (SSSR count). The fourth-order valence-corrected chi connectivity index (χ4v) is 2.57. The molecule has 0 saturated carbocycles. The third-order valence-corrected chi connectivity index (χ3v) is 3.79. The summed E-state index contributed by atoms with van der Waals surface area (Å²) in [7, 11) is 2.15. The maximum Gasteiger partial charge on any atom is 0.136 e. The van der Waals surface area contributed by atoms with Gasteiger partial charge in [-0.1, -0.05) is 51.0 Å². The molecule has 0 saturated heterocycles. The molecule has 1 N–H and O–H groups in total. The van der Waals surface area contributed by atoms with Crippen molar-refractivity contribution in [1.82, 2.24) is 10.3 Å². The van der Waals surface area contributed by atoms with Gasteiger partial charge in [-0.15, -0.1) is 0 Å². The minimum Gasteiger partial charge on any atom is -0.359 e. The monoisotopic (exact) mass is 285 g/mol. The first-order chi connectivity index (χ1) is 10.3. The van der Waals surface area contributed by atoms with Gasteiger partial charge in [0.15, 0.2) is 0 Å². The molecule has 0 aliphatic rings. The van der Waals surface area contributed by atoms with Crippen molar-refractivity contribution in [2.45, 2.75) is 39.7 Å². The quantitative estimate of drug-likeness (QED) is 0.744. The summed E-state index contributed by atoms with van der Waals surface area (Å²) >= 11 is 0. The minimum atomic E-state index is 0.830. The predicted molar refractivity (Wildman–Crippen MR) is 91.9 cm³/mol. The van der Waals surface area contributed by atoms with Crippen LogP contribution in [0.2, 0.25) is 0 Å². The zero-order chi connectivity index (χ0) is 15.1. The lowest BCUT2D eigenvalue weighted by atomic mass is 10.1. The largest absolute Gasteiger partial charge is 0.359 e. The first-order valence-electron chi connectivity index (χ1n) is 8.06. The first kappa shape index (κ1) is 15.8. The number of hydrogen-bond acceptors (Lipinski definition) is 3. The molecule has 0 radical (unpaired) electrons. The number of nitrogens with one attached hydrogen (secondary N) is 1. The Balaban J connectivity index is 2.29. The highest BCUT2D eigenvalue weighted by Gasteiger charge is 2.09. The number of anilines is 1. The molecule has 3 nitrogen and oxygen atoms in total. The molecule has 0 aliphatic carbocycles. The van der Waals surface area contributed by atoms with Gasteiger partial charge in [-0.2, -0.15) is 0 Å². The highest BCUT2D eigenvalue weighted by Crippen LogP contribution is 2.25. The average molecular weight is 285 g/mol. The van der Waals surface area contributed by atoms with E-state index < -0.39 is 0 Å². The zero-order valence-corrected chi connectivity index (χ0v) is 13.5. The summed E-state index contributed by atoms with van der Waals surface area (Å²) < 4.78 is 0. The molecule has 3 heteroatoms. The van der Waals surface area contributed by atoms with Crippen LogP contribution in [0.3, 0.4) is 0 Å². The van der Waals surface area contributed by atoms with Crippen LogP contribution in [0.5, 0.6) is 0 Å². The van der Waals surface area contributed by atoms with Gasteiger partial charge in [0.1, 0.15) is 5.82 Å². The number of rotatable bonds is 8. The third kappa shape index (κ3) is 4.18. The maximum absolute atomic E-state index is 4.88. The van der Waals surface area contributed by atoms with E-state index in [2.05, 4.69) is 61.4 Å². The number of nitrogens with zero attached hydrogens (tertiary/aromatic N) is 2. The SMILES string of the molecule is CCCCCN(C)c1nc(CNCC)cc2ccccc12. The summed E-state index contributed by atoms with van der Waals surface area (Å²) in [4.78, 5) is 7.18. The van der Waals surface area contributed by atoms with E-state index in [0.29, 0.717) is 0 Å². The topological polar surface area (TPSA) is 28.2 Å². The lowest BCUT2D eigenvalue weighted by Gasteiger charge is -2.21. The van der Waals surface area contributed by atoms with Gasteiger partial charge in [-0.3, -0.25) is 0 Å². The van der Waals surface area contributed by atoms with Crippen LogP contribution in [0, 0.1) is 0 Å². The van der Waals surface area contributed by atoms with Crippen LogP contribution in [-0.4, -0.2) is 25.1 Å². The number of aromatic nitrogens is 1. The molecular weight excluding hydrogens is 258 g/mol. The molecule has 1 aromatic carbocycles. The Morgan fingerprint density at radius 2 is 1.95 bits per heavy atom. The standard InChI is InChI=1S/C18H27N3/c1-4-6-9-12-21(3)18-17-11-8-7-10-15(17)13-16(20-18)14-19-5-2/h7-8,10-11,13,19H,4-6,9,12,14H2,1-3H3. The van der Waals surface area contributed by atoms with E-state index in [0.717, 1.165) is 31.1 Å². The fraction of sp³-hybridized carbons (Fsp3) is 0.500. The summed E-state index contributed by atoms with van der Waals surface area (Å²) in [6, 6.07) is 10.7. The van der Waals surface area contributed by atoms with Crippen LogP contribution >= 0.6 is 0 Å². The minimum absolute atomic E-state index is 0.830. The van der Waals surface area contributed by atoms with Crippen molar-refractivity contribution in [3.8, 4) is 0 Å². The molecule has 0 aliphatic heterocycles. The van der Waals surface area contributed by atoms with E-state index in [9.17, 15) is 0 Å². The summed E-state index contributed by atoms with van der Waals surface area (Å²) in [6.07, 6.45) is 3.75. The van der Waals surface area contributed by atoms with Gasteiger partial charge < -0.3 is 10.2 Å². The summed E-state index contributed by atoms with van der Waals surface area (Å²) in [5.41, 5.74) is 1.12. The second kappa shape index (κ2) is 7.99. The Morgan fingerprint density at radius 1 is 1.14 bits per heavy atom. The Labute approximate surface area is 128 Å². The maximum atomic E-state index is 4.88. The van der Waals surface area contributed by atoms with Gasteiger partial charge in [-0.25, -0.2) is 4.98 Å². The molecule has 0 amide bonds. The summed E-state index contributed by atoms with van der Waals surface area (Å²) in [5.74, 6) is 1.11. The normalized spacial score (nSPS) is 11.0. The van der Waals surface area contributed by atoms with E-state index >= 15 is 0 Å². The Morgan fingerprint density at radius 3 is 2.71 bits per heavy atom. The number of benzene rings is 1. The average Bonchev–Trinajstić information content (AvgIpc) is 2.52. The van der Waals surface area contributed by atoms with E-state index in [1.165, 1.54) is 30.0 Å². The molecular formula is C18H27N3. The molecule has 0 spiro atoms. The zero-order valence-electron chi connectivity index (χ0n) is 13.5. The van der Waals surface area contributed by atoms with Crippen molar-refractivity contribution < 1.29 is 0 Å². The van der Waals surface area contributed by atoms with Crippen LogP contribution in [0.1, 0.15) is 38.8 Å². The van der Waals surface area contributed by atoms with E-state index in [-0.39, 0.29) is 0 Å². The Kier molecular flexibility index (Phi) is 6.00. The van der Waals surface area contributed by atoms with Crippen LogP contribution in [-0.2, 0) is 6.54 Å². The van der Waals surface area contributed by atoms with E-state index in [1.54, 1.807) is 0 Å². The van der Waals surface area contributed by atoms with Gasteiger partial charge in [-0.05, 0) is 24.4 Å². The molecule has 0 unspecified atom stereocenters. The van der Waals surface area contributed by atoms with Crippen molar-refractivity contribution in [1.29, 1.82) is 0 Å². The highest BCUT2D eigenvalue weighted by molar-refractivity contribution is 5.92. The molecule has 114 valence electrons. The number of fused-ring (bicyclic) bond motifs is 1. The fourth-order valence-electron chi connectivity index (χ4n) is 2.57. The number of hydrogen-bond donors (Lipinski definition) is 1. The lowest BCUT2D eigenvalue weighted by Crippen LogP contribution is -2.21. The molecule has 0 atom stereocenters.